The number of halogens is 1. The lowest BCUT2D eigenvalue weighted by Gasteiger charge is -2.08. The second-order valence-electron chi connectivity index (χ2n) is 4.90. The van der Waals surface area contributed by atoms with Crippen molar-refractivity contribution >= 4 is 35.3 Å². The van der Waals surface area contributed by atoms with Gasteiger partial charge in [0.1, 0.15) is 18.8 Å². The first-order valence-corrected chi connectivity index (χ1v) is 7.51. The Morgan fingerprint density at radius 1 is 1.00 bits per heavy atom. The number of carboxylic acids is 1. The number of hydrogen-bond acceptors (Lipinski definition) is 5. The summed E-state index contributed by atoms with van der Waals surface area (Å²) in [5.74, 6) is -1.78. The molecule has 2 aromatic carbocycles. The van der Waals surface area contributed by atoms with Crippen LogP contribution in [0.3, 0.4) is 0 Å². The van der Waals surface area contributed by atoms with Gasteiger partial charge < -0.3 is 14.6 Å². The normalized spacial score (nSPS) is 9.96. The number of ether oxygens (including phenoxy) is 2. The van der Waals surface area contributed by atoms with Gasteiger partial charge in [-0.2, -0.15) is 0 Å². The van der Waals surface area contributed by atoms with Gasteiger partial charge in [-0.25, -0.2) is 4.79 Å². The van der Waals surface area contributed by atoms with Crippen molar-refractivity contribution in [2.45, 2.75) is 13.0 Å². The maximum Gasteiger partial charge on any atom is 0.417 e. The smallest absolute Gasteiger partial charge is 0.417 e. The molecule has 0 aliphatic heterocycles. The zero-order valence-corrected chi connectivity index (χ0v) is 13.7. The van der Waals surface area contributed by atoms with E-state index in [1.807, 2.05) is 0 Å². The van der Waals surface area contributed by atoms with Gasteiger partial charge in [-0.3, -0.25) is 14.9 Å². The average Bonchev–Trinajstić information content (AvgIpc) is 2.56. The monoisotopic (exact) mass is 363 g/mol. The minimum absolute atomic E-state index is 0.0661. The SMILES string of the molecule is O=C(O)CC(=O)OCc1ccc(OC(=O)Nc2ccc(Cl)cc2)cc1. The molecule has 0 spiro atoms. The Kier molecular flexibility index (Phi) is 6.36. The Morgan fingerprint density at radius 3 is 2.24 bits per heavy atom. The molecule has 2 rings (SSSR count). The number of aliphatic carboxylic acids is 1. The number of amides is 1. The number of carbonyl (C=O) groups excluding carboxylic acids is 2. The fraction of sp³-hybridized carbons (Fsp3) is 0.118. The molecule has 0 saturated carbocycles. The number of hydrogen-bond donors (Lipinski definition) is 2. The molecule has 0 fully saturated rings. The van der Waals surface area contributed by atoms with Crippen LogP contribution >= 0.6 is 11.6 Å². The van der Waals surface area contributed by atoms with Crippen LogP contribution in [0.2, 0.25) is 5.02 Å². The van der Waals surface area contributed by atoms with Crippen molar-refractivity contribution in [1.82, 2.24) is 0 Å². The maximum absolute atomic E-state index is 11.8. The van der Waals surface area contributed by atoms with Crippen molar-refractivity contribution in [1.29, 1.82) is 0 Å². The summed E-state index contributed by atoms with van der Waals surface area (Å²) in [6.07, 6.45) is -1.35. The van der Waals surface area contributed by atoms with E-state index in [4.69, 9.17) is 26.2 Å². The third kappa shape index (κ3) is 6.52. The van der Waals surface area contributed by atoms with E-state index in [0.717, 1.165) is 0 Å². The molecule has 0 aliphatic rings. The maximum atomic E-state index is 11.8. The van der Waals surface area contributed by atoms with Gasteiger partial charge >= 0.3 is 18.0 Å². The number of esters is 1. The minimum Gasteiger partial charge on any atom is -0.481 e. The lowest BCUT2D eigenvalue weighted by atomic mass is 10.2. The molecule has 130 valence electrons. The Hall–Kier alpha value is -3.06. The van der Waals surface area contributed by atoms with Gasteiger partial charge in [0.25, 0.3) is 0 Å². The molecule has 0 unspecified atom stereocenters. The summed E-state index contributed by atoms with van der Waals surface area (Å²) in [4.78, 5) is 33.3. The number of carboxylic acid groups (broad SMARTS) is 1. The van der Waals surface area contributed by atoms with Gasteiger partial charge in [0.2, 0.25) is 0 Å². The largest absolute Gasteiger partial charge is 0.481 e. The Bertz CT molecular complexity index is 758. The van der Waals surface area contributed by atoms with Gasteiger partial charge in [0.05, 0.1) is 0 Å². The Labute approximate surface area is 148 Å². The molecule has 0 radical (unpaired) electrons. The molecule has 7 nitrogen and oxygen atoms in total. The van der Waals surface area contributed by atoms with Crippen LogP contribution in [0.4, 0.5) is 10.5 Å². The third-order valence-electron chi connectivity index (χ3n) is 2.92. The molecule has 8 heteroatoms. The second kappa shape index (κ2) is 8.70. The van der Waals surface area contributed by atoms with Crippen molar-refractivity contribution in [3.63, 3.8) is 0 Å². The van der Waals surface area contributed by atoms with Crippen LogP contribution in [0.25, 0.3) is 0 Å². The molecule has 0 aliphatic carbocycles. The number of benzene rings is 2. The highest BCUT2D eigenvalue weighted by Crippen LogP contribution is 2.16. The molecule has 0 saturated heterocycles. The zero-order valence-electron chi connectivity index (χ0n) is 12.9. The van der Waals surface area contributed by atoms with Crippen LogP contribution < -0.4 is 10.1 Å². The standard InChI is InChI=1S/C17H14ClNO6/c18-12-3-5-13(6-4-12)19-17(23)25-14-7-1-11(2-8-14)10-24-16(22)9-15(20)21/h1-8H,9-10H2,(H,19,23)(H,20,21). The Balaban J connectivity index is 1.83. The van der Waals surface area contributed by atoms with E-state index < -0.39 is 24.5 Å². The summed E-state index contributed by atoms with van der Waals surface area (Å²) in [6, 6.07) is 12.8. The summed E-state index contributed by atoms with van der Waals surface area (Å²) in [6.45, 7) is -0.0661. The van der Waals surface area contributed by atoms with Gasteiger partial charge in [0, 0.05) is 10.7 Å². The van der Waals surface area contributed by atoms with Crippen LogP contribution in [-0.2, 0) is 20.9 Å². The lowest BCUT2D eigenvalue weighted by Crippen LogP contribution is -2.16. The van der Waals surface area contributed by atoms with Crippen LogP contribution in [-0.4, -0.2) is 23.1 Å². The average molecular weight is 364 g/mol. The molecular weight excluding hydrogens is 350 g/mol. The molecule has 1 amide bonds. The topological polar surface area (TPSA) is 102 Å². The van der Waals surface area contributed by atoms with E-state index in [2.05, 4.69) is 5.32 Å². The van der Waals surface area contributed by atoms with Gasteiger partial charge in [-0.1, -0.05) is 23.7 Å². The first-order valence-electron chi connectivity index (χ1n) is 7.13. The van der Waals surface area contributed by atoms with Crippen molar-refractivity contribution in [3.05, 3.63) is 59.1 Å². The minimum atomic E-state index is -1.25. The summed E-state index contributed by atoms with van der Waals surface area (Å²) in [5.41, 5.74) is 1.17. The van der Waals surface area contributed by atoms with Crippen LogP contribution in [0.1, 0.15) is 12.0 Å². The first kappa shape index (κ1) is 18.3. The predicted octanol–water partition coefficient (Wildman–Crippen LogP) is 3.47. The van der Waals surface area contributed by atoms with Crippen molar-refractivity contribution in [2.75, 3.05) is 5.32 Å². The number of carbonyl (C=O) groups is 3. The highest BCUT2D eigenvalue weighted by molar-refractivity contribution is 6.30. The van der Waals surface area contributed by atoms with E-state index in [9.17, 15) is 14.4 Å². The molecular formula is C17H14ClNO6. The zero-order chi connectivity index (χ0) is 18.2. The Morgan fingerprint density at radius 2 is 1.64 bits per heavy atom. The molecule has 2 N–H and O–H groups in total. The van der Waals surface area contributed by atoms with Crippen LogP contribution in [0.5, 0.6) is 5.75 Å². The number of nitrogens with one attached hydrogen (secondary N) is 1. The van der Waals surface area contributed by atoms with Crippen LogP contribution in [0, 0.1) is 0 Å². The lowest BCUT2D eigenvalue weighted by molar-refractivity contribution is -0.152. The summed E-state index contributed by atoms with van der Waals surface area (Å²) in [7, 11) is 0. The number of rotatable bonds is 6. The highest BCUT2D eigenvalue weighted by Gasteiger charge is 2.09. The van der Waals surface area contributed by atoms with Gasteiger partial charge in [0.15, 0.2) is 0 Å². The van der Waals surface area contributed by atoms with E-state index in [0.29, 0.717) is 22.0 Å². The van der Waals surface area contributed by atoms with Crippen LogP contribution in [0.15, 0.2) is 48.5 Å². The second-order valence-corrected chi connectivity index (χ2v) is 5.33. The van der Waals surface area contributed by atoms with E-state index in [-0.39, 0.29) is 6.61 Å². The summed E-state index contributed by atoms with van der Waals surface area (Å²) < 4.78 is 9.91. The third-order valence-corrected chi connectivity index (χ3v) is 3.17. The summed E-state index contributed by atoms with van der Waals surface area (Å²) in [5, 5.41) is 11.6. The highest BCUT2D eigenvalue weighted by atomic mass is 35.5. The van der Waals surface area contributed by atoms with E-state index >= 15 is 0 Å². The van der Waals surface area contributed by atoms with E-state index in [1.54, 1.807) is 36.4 Å². The predicted molar refractivity (Wildman–Crippen MR) is 89.6 cm³/mol. The van der Waals surface area contributed by atoms with E-state index in [1.165, 1.54) is 12.1 Å². The quantitative estimate of drug-likeness (QED) is 0.602. The number of anilines is 1. The fourth-order valence-corrected chi connectivity index (χ4v) is 1.90. The summed E-state index contributed by atoms with van der Waals surface area (Å²) >= 11 is 5.76. The van der Waals surface area contributed by atoms with Crippen molar-refractivity contribution in [2.24, 2.45) is 0 Å². The first-order chi connectivity index (χ1) is 11.9. The van der Waals surface area contributed by atoms with Crippen molar-refractivity contribution in [3.8, 4) is 5.75 Å². The molecule has 2 aromatic rings. The molecule has 0 atom stereocenters. The molecule has 0 aromatic heterocycles. The molecule has 25 heavy (non-hydrogen) atoms. The van der Waals surface area contributed by atoms with Crippen molar-refractivity contribution < 1.29 is 29.0 Å². The van der Waals surface area contributed by atoms with Gasteiger partial charge in [-0.15, -0.1) is 0 Å². The molecule has 0 bridgehead atoms. The fourth-order valence-electron chi connectivity index (χ4n) is 1.78. The van der Waals surface area contributed by atoms with Gasteiger partial charge in [-0.05, 0) is 42.0 Å². The molecule has 0 heterocycles.